The van der Waals surface area contributed by atoms with Gasteiger partial charge in [-0.05, 0) is 56.6 Å². The molecule has 184 valence electrons. The first-order chi connectivity index (χ1) is 18.3. The standard InChI is InChI=1S/C36H30N2/c1-35(2)24-14-7-5-10-20(24)30-26(35)16-18-28(37)32(30)22-12-9-13-23-33-29(38-34(22)23)19-17-27-31(33)21-11-6-8-15-25(21)36(27,3)4/h5-19,38H,37H2,1-4H3. The number of hydrogen-bond acceptors (Lipinski definition) is 1. The van der Waals surface area contributed by atoms with Gasteiger partial charge < -0.3 is 10.7 Å². The number of para-hydroxylation sites is 1. The molecule has 8 rings (SSSR count). The fraction of sp³-hybridized carbons (Fsp3) is 0.167. The second kappa shape index (κ2) is 6.96. The van der Waals surface area contributed by atoms with Crippen LogP contribution in [0.2, 0.25) is 0 Å². The molecule has 0 bridgehead atoms. The zero-order chi connectivity index (χ0) is 26.0. The zero-order valence-corrected chi connectivity index (χ0v) is 22.2. The highest BCUT2D eigenvalue weighted by Crippen LogP contribution is 2.56. The van der Waals surface area contributed by atoms with Gasteiger partial charge in [-0.2, -0.15) is 0 Å². The van der Waals surface area contributed by atoms with Crippen LogP contribution in [-0.2, 0) is 10.8 Å². The topological polar surface area (TPSA) is 41.8 Å². The molecule has 0 atom stereocenters. The molecule has 0 saturated carbocycles. The maximum atomic E-state index is 6.83. The fourth-order valence-electron chi connectivity index (χ4n) is 7.52. The number of nitrogens with two attached hydrogens (primary N) is 1. The summed E-state index contributed by atoms with van der Waals surface area (Å²) in [7, 11) is 0. The van der Waals surface area contributed by atoms with E-state index >= 15 is 0 Å². The van der Waals surface area contributed by atoms with Gasteiger partial charge in [0.05, 0.1) is 5.52 Å². The lowest BCUT2D eigenvalue weighted by Gasteiger charge is -2.22. The predicted molar refractivity (Wildman–Crippen MR) is 161 cm³/mol. The van der Waals surface area contributed by atoms with E-state index in [1.165, 1.54) is 66.4 Å². The van der Waals surface area contributed by atoms with E-state index in [2.05, 4.69) is 124 Å². The number of aromatic amines is 1. The third kappa shape index (κ3) is 2.48. The summed E-state index contributed by atoms with van der Waals surface area (Å²) >= 11 is 0. The molecule has 1 heterocycles. The zero-order valence-electron chi connectivity index (χ0n) is 22.2. The minimum absolute atomic E-state index is 0.0265. The van der Waals surface area contributed by atoms with Crippen molar-refractivity contribution in [1.29, 1.82) is 0 Å². The third-order valence-electron chi connectivity index (χ3n) is 9.39. The molecular formula is C36H30N2. The molecule has 0 radical (unpaired) electrons. The summed E-state index contributed by atoms with van der Waals surface area (Å²) in [5.41, 5.74) is 23.0. The summed E-state index contributed by atoms with van der Waals surface area (Å²) < 4.78 is 0. The van der Waals surface area contributed by atoms with Gasteiger partial charge in [0.1, 0.15) is 0 Å². The summed E-state index contributed by atoms with van der Waals surface area (Å²) in [5, 5.41) is 2.56. The molecule has 0 spiro atoms. The van der Waals surface area contributed by atoms with Gasteiger partial charge in [0.15, 0.2) is 0 Å². The highest BCUT2D eigenvalue weighted by atomic mass is 14.7. The van der Waals surface area contributed by atoms with E-state index in [-0.39, 0.29) is 10.8 Å². The van der Waals surface area contributed by atoms with Crippen molar-refractivity contribution in [2.75, 3.05) is 5.73 Å². The van der Waals surface area contributed by atoms with Gasteiger partial charge >= 0.3 is 0 Å². The lowest BCUT2D eigenvalue weighted by molar-refractivity contribution is 0.660. The molecule has 0 saturated heterocycles. The van der Waals surface area contributed by atoms with Crippen LogP contribution in [-0.4, -0.2) is 4.98 Å². The van der Waals surface area contributed by atoms with Crippen LogP contribution < -0.4 is 5.73 Å². The number of nitrogens with one attached hydrogen (secondary N) is 1. The molecule has 2 heteroatoms. The van der Waals surface area contributed by atoms with Crippen LogP contribution in [0.25, 0.3) is 55.2 Å². The quantitative estimate of drug-likeness (QED) is 0.222. The molecule has 1 aromatic heterocycles. The van der Waals surface area contributed by atoms with E-state index in [0.29, 0.717) is 0 Å². The van der Waals surface area contributed by atoms with Crippen LogP contribution in [0.15, 0.2) is 91.0 Å². The van der Waals surface area contributed by atoms with Gasteiger partial charge in [0.2, 0.25) is 0 Å². The number of benzene rings is 5. The predicted octanol–water partition coefficient (Wildman–Crippen LogP) is 9.18. The first-order valence-electron chi connectivity index (χ1n) is 13.5. The Morgan fingerprint density at radius 2 is 1.11 bits per heavy atom. The van der Waals surface area contributed by atoms with E-state index < -0.39 is 0 Å². The van der Waals surface area contributed by atoms with Crippen molar-refractivity contribution in [3.63, 3.8) is 0 Å². The molecular weight excluding hydrogens is 460 g/mol. The van der Waals surface area contributed by atoms with E-state index in [0.717, 1.165) is 16.8 Å². The van der Waals surface area contributed by atoms with Crippen LogP contribution in [0.5, 0.6) is 0 Å². The number of fused-ring (bicyclic) bond motifs is 10. The van der Waals surface area contributed by atoms with Crippen LogP contribution >= 0.6 is 0 Å². The van der Waals surface area contributed by atoms with Crippen LogP contribution in [0.4, 0.5) is 5.69 Å². The van der Waals surface area contributed by atoms with E-state index in [1.807, 2.05) is 0 Å². The normalized spacial score (nSPS) is 15.9. The Hall–Kier alpha value is -4.30. The number of H-pyrrole nitrogens is 1. The van der Waals surface area contributed by atoms with E-state index in [9.17, 15) is 0 Å². The lowest BCUT2D eigenvalue weighted by Crippen LogP contribution is -2.15. The first-order valence-corrected chi connectivity index (χ1v) is 13.5. The number of nitrogen functional groups attached to an aromatic ring is 1. The van der Waals surface area contributed by atoms with Crippen molar-refractivity contribution < 1.29 is 0 Å². The average Bonchev–Trinajstić information content (AvgIpc) is 3.49. The minimum Gasteiger partial charge on any atom is -0.398 e. The average molecular weight is 491 g/mol. The molecule has 0 unspecified atom stereocenters. The Kier molecular flexibility index (Phi) is 3.99. The summed E-state index contributed by atoms with van der Waals surface area (Å²) in [6.45, 7) is 9.33. The molecule has 5 aromatic carbocycles. The summed E-state index contributed by atoms with van der Waals surface area (Å²) in [6.07, 6.45) is 0. The van der Waals surface area contributed by atoms with Crippen molar-refractivity contribution >= 4 is 27.5 Å². The highest BCUT2D eigenvalue weighted by molar-refractivity contribution is 6.20. The van der Waals surface area contributed by atoms with Crippen LogP contribution in [0.3, 0.4) is 0 Å². The number of aromatic nitrogens is 1. The largest absolute Gasteiger partial charge is 0.398 e. The maximum absolute atomic E-state index is 6.83. The van der Waals surface area contributed by atoms with Gasteiger partial charge in [-0.3, -0.25) is 0 Å². The van der Waals surface area contributed by atoms with Gasteiger partial charge in [-0.1, -0.05) is 107 Å². The lowest BCUT2D eigenvalue weighted by atomic mass is 9.81. The Balaban J connectivity index is 1.49. The molecule has 38 heavy (non-hydrogen) atoms. The molecule has 2 aliphatic carbocycles. The van der Waals surface area contributed by atoms with Crippen molar-refractivity contribution in [2.24, 2.45) is 0 Å². The highest BCUT2D eigenvalue weighted by Gasteiger charge is 2.39. The van der Waals surface area contributed by atoms with Gasteiger partial charge in [-0.15, -0.1) is 0 Å². The van der Waals surface area contributed by atoms with E-state index in [4.69, 9.17) is 5.73 Å². The minimum atomic E-state index is -0.0706. The summed E-state index contributed by atoms with van der Waals surface area (Å²) in [6, 6.07) is 33.3. The Bertz CT molecular complexity index is 1980. The molecule has 0 fully saturated rings. The monoisotopic (exact) mass is 490 g/mol. The molecule has 2 nitrogen and oxygen atoms in total. The van der Waals surface area contributed by atoms with Gasteiger partial charge in [0.25, 0.3) is 0 Å². The van der Waals surface area contributed by atoms with Crippen LogP contribution in [0.1, 0.15) is 49.9 Å². The van der Waals surface area contributed by atoms with Crippen molar-refractivity contribution in [3.8, 4) is 33.4 Å². The molecule has 0 aliphatic heterocycles. The van der Waals surface area contributed by atoms with Gasteiger partial charge in [-0.25, -0.2) is 0 Å². The Labute approximate surface area is 223 Å². The maximum Gasteiger partial charge on any atom is 0.0545 e. The fourth-order valence-corrected chi connectivity index (χ4v) is 7.52. The molecule has 2 aliphatic rings. The second-order valence-electron chi connectivity index (χ2n) is 12.1. The Morgan fingerprint density at radius 3 is 1.82 bits per heavy atom. The first kappa shape index (κ1) is 21.8. The van der Waals surface area contributed by atoms with Gasteiger partial charge in [0, 0.05) is 43.9 Å². The number of rotatable bonds is 1. The Morgan fingerprint density at radius 1 is 0.526 bits per heavy atom. The molecule has 3 N–H and O–H groups in total. The summed E-state index contributed by atoms with van der Waals surface area (Å²) in [4.78, 5) is 3.84. The smallest absolute Gasteiger partial charge is 0.0545 e. The SMILES string of the molecule is CC1(C)c2ccccc2-c2c1ccc(N)c2-c1cccc2c1[nH]c1ccc3c(c12)-c1ccccc1C3(C)C. The second-order valence-corrected chi connectivity index (χ2v) is 12.1. The van der Waals surface area contributed by atoms with Crippen molar-refractivity contribution in [2.45, 2.75) is 38.5 Å². The van der Waals surface area contributed by atoms with E-state index in [1.54, 1.807) is 0 Å². The summed E-state index contributed by atoms with van der Waals surface area (Å²) in [5.74, 6) is 0. The number of hydrogen-bond donors (Lipinski definition) is 2. The molecule has 6 aromatic rings. The van der Waals surface area contributed by atoms with Crippen molar-refractivity contribution in [3.05, 3.63) is 113 Å². The third-order valence-corrected chi connectivity index (χ3v) is 9.39. The molecule has 0 amide bonds. The number of anilines is 1. The van der Waals surface area contributed by atoms with Crippen molar-refractivity contribution in [1.82, 2.24) is 4.98 Å². The van der Waals surface area contributed by atoms with Crippen LogP contribution in [0, 0.1) is 0 Å².